The van der Waals surface area contributed by atoms with Gasteiger partial charge in [-0.3, -0.25) is 9.59 Å². The number of ether oxygens (including phenoxy) is 3. The maximum Gasteiger partial charge on any atom is 0.295 e. The molecule has 4 rings (SSSR count). The maximum absolute atomic E-state index is 13.2. The maximum atomic E-state index is 13.2. The van der Waals surface area contributed by atoms with Crippen LogP contribution >= 0.6 is 0 Å². The molecule has 1 unspecified atom stereocenters. The monoisotopic (exact) mass is 481 g/mol. The predicted molar refractivity (Wildman–Crippen MR) is 131 cm³/mol. The molecule has 0 radical (unpaired) electrons. The molecule has 8 heteroatoms. The van der Waals surface area contributed by atoms with E-state index in [1.54, 1.807) is 48.4 Å². The molecule has 2 aliphatic heterocycles. The molecular formula is C27H33N2O6+. The van der Waals surface area contributed by atoms with Crippen LogP contribution in [0.2, 0.25) is 0 Å². The summed E-state index contributed by atoms with van der Waals surface area (Å²) in [5.74, 6) is -0.134. The van der Waals surface area contributed by atoms with E-state index in [2.05, 4.69) is 0 Å². The second-order valence-corrected chi connectivity index (χ2v) is 9.07. The van der Waals surface area contributed by atoms with Crippen LogP contribution in [0, 0.1) is 0 Å². The van der Waals surface area contributed by atoms with Gasteiger partial charge in [0.15, 0.2) is 0 Å². The Kier molecular flexibility index (Phi) is 7.73. The van der Waals surface area contributed by atoms with Gasteiger partial charge in [0.2, 0.25) is 0 Å². The summed E-state index contributed by atoms with van der Waals surface area (Å²) < 4.78 is 16.4. The van der Waals surface area contributed by atoms with Crippen LogP contribution in [0.25, 0.3) is 5.76 Å². The molecule has 0 bridgehead atoms. The third-order valence-electron chi connectivity index (χ3n) is 6.38. The number of morpholine rings is 1. The number of Topliss-reactive ketones (excluding diaryl/α,β-unsaturated/α-hetero) is 1. The SMILES string of the molecule is COc1ccc(C2C(=C(O)c3ccc(OC(C)C)cc3)C(=O)C(=O)N2CC[NH+]2CCOCC2)cc1. The summed E-state index contributed by atoms with van der Waals surface area (Å²) in [6.45, 7) is 8.06. The van der Waals surface area contributed by atoms with Crippen LogP contribution in [-0.2, 0) is 14.3 Å². The van der Waals surface area contributed by atoms with Gasteiger partial charge >= 0.3 is 0 Å². The number of benzene rings is 2. The Morgan fingerprint density at radius 1 is 1.06 bits per heavy atom. The Hall–Kier alpha value is -3.36. The van der Waals surface area contributed by atoms with Crippen LogP contribution in [0.4, 0.5) is 0 Å². The summed E-state index contributed by atoms with van der Waals surface area (Å²) >= 11 is 0. The van der Waals surface area contributed by atoms with Gasteiger partial charge in [0.25, 0.3) is 11.7 Å². The molecule has 2 aromatic carbocycles. The largest absolute Gasteiger partial charge is 0.507 e. The van der Waals surface area contributed by atoms with Crippen LogP contribution < -0.4 is 14.4 Å². The fraction of sp³-hybridized carbons (Fsp3) is 0.407. The van der Waals surface area contributed by atoms with E-state index in [9.17, 15) is 14.7 Å². The minimum absolute atomic E-state index is 0.0171. The Bertz CT molecular complexity index is 1070. The highest BCUT2D eigenvalue weighted by Gasteiger charge is 2.46. The number of nitrogens with zero attached hydrogens (tertiary/aromatic N) is 1. The normalized spacial score (nSPS) is 20.5. The number of amides is 1. The number of hydrogen-bond acceptors (Lipinski definition) is 6. The Labute approximate surface area is 205 Å². The zero-order chi connectivity index (χ0) is 24.9. The number of hydrogen-bond donors (Lipinski definition) is 2. The van der Waals surface area contributed by atoms with Gasteiger partial charge in [0.05, 0.1) is 51.1 Å². The number of ketones is 1. The lowest BCUT2D eigenvalue weighted by Crippen LogP contribution is -3.14. The van der Waals surface area contributed by atoms with E-state index in [4.69, 9.17) is 14.2 Å². The average molecular weight is 482 g/mol. The summed E-state index contributed by atoms with van der Waals surface area (Å²) in [6.07, 6.45) is 0.0171. The first kappa shape index (κ1) is 24.8. The molecule has 2 heterocycles. The Morgan fingerprint density at radius 2 is 1.69 bits per heavy atom. The van der Waals surface area contributed by atoms with Crippen molar-refractivity contribution in [3.63, 3.8) is 0 Å². The van der Waals surface area contributed by atoms with Crippen molar-refractivity contribution in [3.8, 4) is 11.5 Å². The minimum atomic E-state index is -0.687. The number of quaternary nitrogens is 1. The quantitative estimate of drug-likeness (QED) is 0.340. The average Bonchev–Trinajstić information content (AvgIpc) is 3.12. The highest BCUT2D eigenvalue weighted by Crippen LogP contribution is 2.39. The molecule has 2 N–H and O–H groups in total. The zero-order valence-electron chi connectivity index (χ0n) is 20.5. The van der Waals surface area contributed by atoms with Gasteiger partial charge in [-0.1, -0.05) is 12.1 Å². The van der Waals surface area contributed by atoms with E-state index in [-0.39, 0.29) is 17.4 Å². The van der Waals surface area contributed by atoms with Crippen LogP contribution in [0.15, 0.2) is 54.1 Å². The first-order valence-corrected chi connectivity index (χ1v) is 12.0. The molecule has 186 valence electrons. The van der Waals surface area contributed by atoms with Crippen molar-refractivity contribution in [2.45, 2.75) is 26.0 Å². The van der Waals surface area contributed by atoms with Gasteiger partial charge in [-0.05, 0) is 55.8 Å². The van der Waals surface area contributed by atoms with Crippen LogP contribution in [-0.4, -0.2) is 74.3 Å². The molecule has 1 atom stereocenters. The lowest BCUT2D eigenvalue weighted by Gasteiger charge is -2.29. The Balaban J connectivity index is 1.69. The number of nitrogens with one attached hydrogen (secondary N) is 1. The van der Waals surface area contributed by atoms with Gasteiger partial charge in [0.1, 0.15) is 30.3 Å². The van der Waals surface area contributed by atoms with Crippen LogP contribution in [0.5, 0.6) is 11.5 Å². The predicted octanol–water partition coefficient (Wildman–Crippen LogP) is 1.82. The molecule has 0 aromatic heterocycles. The summed E-state index contributed by atoms with van der Waals surface area (Å²) in [5, 5.41) is 11.2. The zero-order valence-corrected chi connectivity index (χ0v) is 20.5. The molecule has 1 amide bonds. The first-order chi connectivity index (χ1) is 16.9. The van der Waals surface area contributed by atoms with E-state index >= 15 is 0 Å². The van der Waals surface area contributed by atoms with E-state index < -0.39 is 17.7 Å². The standard InChI is InChI=1S/C27H32N2O6/c1-18(2)35-22-10-6-20(7-11-22)25(30)23-24(19-4-8-21(33-3)9-5-19)29(27(32)26(23)31)13-12-28-14-16-34-17-15-28/h4-11,18,24,30H,12-17H2,1-3H3/p+1. The molecule has 0 aliphatic carbocycles. The molecule has 2 aliphatic rings. The van der Waals surface area contributed by atoms with Crippen LogP contribution in [0.3, 0.4) is 0 Å². The number of carbonyl (C=O) groups excluding carboxylic acids is 2. The minimum Gasteiger partial charge on any atom is -0.507 e. The summed E-state index contributed by atoms with van der Waals surface area (Å²) in [6, 6.07) is 13.4. The second-order valence-electron chi connectivity index (χ2n) is 9.07. The molecule has 2 fully saturated rings. The first-order valence-electron chi connectivity index (χ1n) is 12.0. The van der Waals surface area contributed by atoms with Crippen molar-refractivity contribution >= 4 is 17.4 Å². The van der Waals surface area contributed by atoms with Crippen LogP contribution in [0.1, 0.15) is 31.0 Å². The van der Waals surface area contributed by atoms with Crippen molar-refractivity contribution in [2.24, 2.45) is 0 Å². The van der Waals surface area contributed by atoms with E-state index in [1.165, 1.54) is 4.90 Å². The molecule has 2 saturated heterocycles. The lowest BCUT2D eigenvalue weighted by molar-refractivity contribution is -0.907. The smallest absolute Gasteiger partial charge is 0.295 e. The van der Waals surface area contributed by atoms with Crippen molar-refractivity contribution in [1.29, 1.82) is 0 Å². The molecule has 0 spiro atoms. The number of methoxy groups -OCH3 is 1. The van der Waals surface area contributed by atoms with E-state index in [0.717, 1.165) is 18.7 Å². The fourth-order valence-corrected chi connectivity index (χ4v) is 4.55. The number of rotatable bonds is 8. The van der Waals surface area contributed by atoms with Gasteiger partial charge in [0, 0.05) is 5.56 Å². The van der Waals surface area contributed by atoms with Gasteiger partial charge in [-0.25, -0.2) is 0 Å². The fourth-order valence-electron chi connectivity index (χ4n) is 4.55. The van der Waals surface area contributed by atoms with Gasteiger partial charge in [-0.2, -0.15) is 0 Å². The highest BCUT2D eigenvalue weighted by molar-refractivity contribution is 6.46. The number of aliphatic hydroxyl groups is 1. The summed E-state index contributed by atoms with van der Waals surface area (Å²) in [5.41, 5.74) is 1.29. The topological polar surface area (TPSA) is 89.7 Å². The number of likely N-dealkylation sites (tertiary alicyclic amines) is 1. The molecular weight excluding hydrogens is 448 g/mol. The van der Waals surface area contributed by atoms with Crippen molar-refractivity contribution in [2.75, 3.05) is 46.5 Å². The second kappa shape index (κ2) is 10.9. The summed E-state index contributed by atoms with van der Waals surface area (Å²) in [4.78, 5) is 29.3. The molecule has 2 aromatic rings. The van der Waals surface area contributed by atoms with Gasteiger partial charge < -0.3 is 29.1 Å². The highest BCUT2D eigenvalue weighted by atomic mass is 16.5. The van der Waals surface area contributed by atoms with Crippen molar-refractivity contribution in [1.82, 2.24) is 4.90 Å². The third-order valence-corrected chi connectivity index (χ3v) is 6.38. The lowest BCUT2D eigenvalue weighted by atomic mass is 9.95. The molecule has 8 nitrogen and oxygen atoms in total. The van der Waals surface area contributed by atoms with Gasteiger partial charge in [-0.15, -0.1) is 0 Å². The summed E-state index contributed by atoms with van der Waals surface area (Å²) in [7, 11) is 1.58. The van der Waals surface area contributed by atoms with E-state index in [0.29, 0.717) is 43.4 Å². The van der Waals surface area contributed by atoms with Crippen molar-refractivity contribution < 1.29 is 33.8 Å². The number of carbonyl (C=O) groups is 2. The third kappa shape index (κ3) is 5.49. The Morgan fingerprint density at radius 3 is 2.29 bits per heavy atom. The van der Waals surface area contributed by atoms with E-state index in [1.807, 2.05) is 26.0 Å². The molecule has 0 saturated carbocycles. The number of aliphatic hydroxyl groups excluding tert-OH is 1. The molecule has 35 heavy (non-hydrogen) atoms. The van der Waals surface area contributed by atoms with Crippen molar-refractivity contribution in [3.05, 3.63) is 65.2 Å².